The highest BCUT2D eigenvalue weighted by atomic mass is 35.5. The number of aryl methyl sites for hydroxylation is 1. The highest BCUT2D eigenvalue weighted by Crippen LogP contribution is 2.31. The molecule has 130 valence electrons. The number of aromatic nitrogens is 1. The quantitative estimate of drug-likeness (QED) is 0.391. The Morgan fingerprint density at radius 3 is 2.27 bits per heavy atom. The van der Waals surface area contributed by atoms with Crippen molar-refractivity contribution in [1.29, 1.82) is 0 Å². The lowest BCUT2D eigenvalue weighted by molar-refractivity contribution is 0.0501. The van der Waals surface area contributed by atoms with E-state index in [0.717, 1.165) is 27.4 Å². The predicted octanol–water partition coefficient (Wildman–Crippen LogP) is 6.33. The van der Waals surface area contributed by atoms with Gasteiger partial charge in [-0.05, 0) is 37.3 Å². The zero-order chi connectivity index (χ0) is 18.4. The van der Waals surface area contributed by atoms with E-state index in [1.807, 2.05) is 43.3 Å². The number of benzene rings is 3. The number of rotatable bonds is 2. The van der Waals surface area contributed by atoms with Gasteiger partial charge in [0.05, 0.1) is 26.6 Å². The van der Waals surface area contributed by atoms with Gasteiger partial charge in [0, 0.05) is 15.8 Å². The van der Waals surface area contributed by atoms with E-state index < -0.39 is 5.97 Å². The lowest BCUT2D eigenvalue weighted by Crippen LogP contribution is -2.20. The molecule has 0 aliphatic heterocycles. The molecule has 0 saturated heterocycles. The van der Waals surface area contributed by atoms with Crippen LogP contribution in [0.1, 0.15) is 15.9 Å². The molecule has 0 radical (unpaired) electrons. The molecule has 0 amide bonds. The van der Waals surface area contributed by atoms with Gasteiger partial charge in [0.1, 0.15) is 0 Å². The van der Waals surface area contributed by atoms with Crippen molar-refractivity contribution < 1.29 is 9.63 Å². The summed E-state index contributed by atoms with van der Waals surface area (Å²) >= 11 is 18.2. The fourth-order valence-electron chi connectivity index (χ4n) is 3.02. The Balaban J connectivity index is 1.88. The summed E-state index contributed by atoms with van der Waals surface area (Å²) in [4.78, 5) is 18.4. The number of hydrogen-bond donors (Lipinski definition) is 0. The van der Waals surface area contributed by atoms with E-state index in [9.17, 15) is 4.79 Å². The lowest BCUT2D eigenvalue weighted by Gasteiger charge is -2.10. The van der Waals surface area contributed by atoms with Crippen LogP contribution in [0.2, 0.25) is 15.1 Å². The van der Waals surface area contributed by atoms with E-state index in [1.165, 1.54) is 16.9 Å². The molecular formula is C20H12Cl3NO2. The summed E-state index contributed by atoms with van der Waals surface area (Å²) in [6.45, 7) is 2.02. The van der Waals surface area contributed by atoms with Gasteiger partial charge in [-0.3, -0.25) is 0 Å². The molecule has 4 aromatic rings. The monoisotopic (exact) mass is 403 g/mol. The maximum Gasteiger partial charge on any atom is 0.366 e. The van der Waals surface area contributed by atoms with Crippen LogP contribution in [0.4, 0.5) is 0 Å². The van der Waals surface area contributed by atoms with Crippen molar-refractivity contribution >= 4 is 62.6 Å². The zero-order valence-electron chi connectivity index (χ0n) is 13.6. The molecule has 0 atom stereocenters. The van der Waals surface area contributed by atoms with Crippen LogP contribution in [-0.2, 0) is 0 Å². The predicted molar refractivity (Wildman–Crippen MR) is 107 cm³/mol. The van der Waals surface area contributed by atoms with Gasteiger partial charge in [-0.25, -0.2) is 4.79 Å². The molecule has 3 aromatic carbocycles. The Kier molecular flexibility index (Phi) is 4.31. The largest absolute Gasteiger partial charge is 0.366 e. The van der Waals surface area contributed by atoms with Crippen molar-refractivity contribution in [1.82, 2.24) is 4.73 Å². The SMILES string of the molecule is Cc1ccc2c(c1)c1ccccc1n2OC(=O)c1c(Cl)cc(Cl)cc1Cl. The van der Waals surface area contributed by atoms with Gasteiger partial charge in [-0.15, -0.1) is 0 Å². The summed E-state index contributed by atoms with van der Waals surface area (Å²) in [6, 6.07) is 16.6. The fraction of sp³-hybridized carbons (Fsp3) is 0.0500. The highest BCUT2D eigenvalue weighted by Gasteiger charge is 2.21. The minimum Gasteiger partial charge on any atom is -0.330 e. The third-order valence-electron chi connectivity index (χ3n) is 4.17. The smallest absolute Gasteiger partial charge is 0.330 e. The maximum absolute atomic E-state index is 12.8. The molecular weight excluding hydrogens is 393 g/mol. The molecule has 3 nitrogen and oxygen atoms in total. The van der Waals surface area contributed by atoms with E-state index in [4.69, 9.17) is 39.6 Å². The Morgan fingerprint density at radius 1 is 0.885 bits per heavy atom. The molecule has 1 heterocycles. The number of fused-ring (bicyclic) bond motifs is 3. The van der Waals surface area contributed by atoms with E-state index in [2.05, 4.69) is 6.07 Å². The second kappa shape index (κ2) is 6.51. The van der Waals surface area contributed by atoms with Gasteiger partial charge in [0.15, 0.2) is 0 Å². The topological polar surface area (TPSA) is 31.2 Å². The molecule has 0 bridgehead atoms. The zero-order valence-corrected chi connectivity index (χ0v) is 15.9. The van der Waals surface area contributed by atoms with Crippen LogP contribution >= 0.6 is 34.8 Å². The van der Waals surface area contributed by atoms with Gasteiger partial charge in [0.2, 0.25) is 0 Å². The maximum atomic E-state index is 12.8. The Labute approximate surface area is 164 Å². The molecule has 4 rings (SSSR count). The third kappa shape index (κ3) is 2.82. The first-order valence-electron chi connectivity index (χ1n) is 7.83. The van der Waals surface area contributed by atoms with Gasteiger partial charge in [-0.2, -0.15) is 4.73 Å². The van der Waals surface area contributed by atoms with Gasteiger partial charge in [-0.1, -0.05) is 64.6 Å². The molecule has 0 saturated carbocycles. The van der Waals surface area contributed by atoms with E-state index >= 15 is 0 Å². The summed E-state index contributed by atoms with van der Waals surface area (Å²) in [5.74, 6) is -0.653. The van der Waals surface area contributed by atoms with E-state index in [0.29, 0.717) is 5.02 Å². The third-order valence-corrected chi connectivity index (χ3v) is 4.98. The normalized spacial score (nSPS) is 11.2. The number of hydrogen-bond acceptors (Lipinski definition) is 2. The van der Waals surface area contributed by atoms with Crippen LogP contribution < -0.4 is 4.84 Å². The summed E-state index contributed by atoms with van der Waals surface area (Å²) in [7, 11) is 0. The molecule has 1 aromatic heterocycles. The van der Waals surface area contributed by atoms with Crippen molar-refractivity contribution in [2.24, 2.45) is 0 Å². The Bertz CT molecular complexity index is 1160. The highest BCUT2D eigenvalue weighted by molar-refractivity contribution is 6.41. The lowest BCUT2D eigenvalue weighted by atomic mass is 10.1. The molecule has 0 aliphatic rings. The number of para-hydroxylation sites is 1. The number of carbonyl (C=O) groups excluding carboxylic acids is 1. The van der Waals surface area contributed by atoms with E-state index in [1.54, 1.807) is 0 Å². The minimum atomic E-state index is -0.653. The number of halogens is 3. The van der Waals surface area contributed by atoms with Crippen LogP contribution in [0.5, 0.6) is 0 Å². The Morgan fingerprint density at radius 2 is 1.54 bits per heavy atom. The second-order valence-electron chi connectivity index (χ2n) is 5.96. The van der Waals surface area contributed by atoms with Crippen molar-refractivity contribution in [2.75, 3.05) is 0 Å². The molecule has 0 N–H and O–H groups in total. The first kappa shape index (κ1) is 17.2. The van der Waals surface area contributed by atoms with Crippen LogP contribution in [0.3, 0.4) is 0 Å². The van der Waals surface area contributed by atoms with Crippen LogP contribution in [0, 0.1) is 6.92 Å². The average Bonchev–Trinajstić information content (AvgIpc) is 2.88. The first-order valence-corrected chi connectivity index (χ1v) is 8.96. The first-order chi connectivity index (χ1) is 12.5. The number of carbonyl (C=O) groups is 1. The fourth-order valence-corrected chi connectivity index (χ4v) is 3.99. The van der Waals surface area contributed by atoms with E-state index in [-0.39, 0.29) is 15.6 Å². The van der Waals surface area contributed by atoms with Crippen LogP contribution in [0.25, 0.3) is 21.8 Å². The van der Waals surface area contributed by atoms with Crippen LogP contribution in [-0.4, -0.2) is 10.7 Å². The summed E-state index contributed by atoms with van der Waals surface area (Å²) < 4.78 is 1.51. The second-order valence-corrected chi connectivity index (χ2v) is 7.21. The van der Waals surface area contributed by atoms with Crippen molar-refractivity contribution in [3.8, 4) is 0 Å². The number of nitrogens with zero attached hydrogens (tertiary/aromatic N) is 1. The average molecular weight is 405 g/mol. The standard InChI is InChI=1S/C20H12Cl3NO2/c1-11-6-7-18-14(8-11)13-4-2-3-5-17(13)24(18)26-20(25)19-15(22)9-12(21)10-16(19)23/h2-10H,1H3. The van der Waals surface area contributed by atoms with Crippen LogP contribution in [0.15, 0.2) is 54.6 Å². The summed E-state index contributed by atoms with van der Waals surface area (Å²) in [5.41, 5.74) is 2.76. The summed E-state index contributed by atoms with van der Waals surface area (Å²) in [6.07, 6.45) is 0. The van der Waals surface area contributed by atoms with Gasteiger partial charge in [0.25, 0.3) is 0 Å². The van der Waals surface area contributed by atoms with Gasteiger partial charge < -0.3 is 4.84 Å². The van der Waals surface area contributed by atoms with Crippen molar-refractivity contribution in [3.63, 3.8) is 0 Å². The van der Waals surface area contributed by atoms with Crippen molar-refractivity contribution in [3.05, 3.63) is 80.8 Å². The molecule has 0 fully saturated rings. The minimum absolute atomic E-state index is 0.0794. The molecule has 0 aliphatic carbocycles. The molecule has 26 heavy (non-hydrogen) atoms. The van der Waals surface area contributed by atoms with Gasteiger partial charge >= 0.3 is 5.97 Å². The Hall–Kier alpha value is -2.20. The molecule has 0 spiro atoms. The van der Waals surface area contributed by atoms with Crippen molar-refractivity contribution in [2.45, 2.75) is 6.92 Å². The molecule has 0 unspecified atom stereocenters. The summed E-state index contributed by atoms with van der Waals surface area (Å²) in [5, 5.41) is 2.63. The molecule has 6 heteroatoms.